The topological polar surface area (TPSA) is 65.6 Å². The Morgan fingerprint density at radius 1 is 0.903 bits per heavy atom. The second-order valence-electron chi connectivity index (χ2n) is 8.14. The molecule has 4 aromatic rings. The fourth-order valence-electron chi connectivity index (χ4n) is 4.57. The summed E-state index contributed by atoms with van der Waals surface area (Å²) in [6.45, 7) is 0.422. The number of benzene rings is 3. The smallest absolute Gasteiger partial charge is 0.123 e. The van der Waals surface area contributed by atoms with Crippen LogP contribution in [-0.4, -0.2) is 11.5 Å². The van der Waals surface area contributed by atoms with Gasteiger partial charge in [0, 0.05) is 35.0 Å². The monoisotopic (exact) mass is 411 g/mol. The Balaban J connectivity index is 1.91. The van der Waals surface area contributed by atoms with Crippen molar-refractivity contribution in [2.24, 2.45) is 5.73 Å². The maximum atomic E-state index is 14.1. The number of nitriles is 1. The number of aromatic nitrogens is 1. The van der Waals surface area contributed by atoms with Crippen LogP contribution in [-0.2, 0) is 24.7 Å². The molecule has 0 saturated carbocycles. The molecule has 0 aliphatic heterocycles. The molecule has 1 heterocycles. The largest absolute Gasteiger partial charge is 0.358 e. The number of aromatic amines is 1. The number of nitrogens with zero attached hydrogens (tertiary/aromatic N) is 1. The summed E-state index contributed by atoms with van der Waals surface area (Å²) in [7, 11) is 0. The van der Waals surface area contributed by atoms with Crippen molar-refractivity contribution in [1.82, 2.24) is 4.98 Å². The highest BCUT2D eigenvalue weighted by Gasteiger charge is 2.36. The Morgan fingerprint density at radius 2 is 1.52 bits per heavy atom. The average molecular weight is 412 g/mol. The fourth-order valence-corrected chi connectivity index (χ4v) is 4.57. The second kappa shape index (κ2) is 9.16. The van der Waals surface area contributed by atoms with Crippen LogP contribution in [0.3, 0.4) is 0 Å². The first-order chi connectivity index (χ1) is 15.1. The fraction of sp³-hybridized carbons (Fsp3) is 0.222. The Bertz CT molecular complexity index is 1150. The van der Waals surface area contributed by atoms with Gasteiger partial charge in [-0.05, 0) is 54.2 Å². The van der Waals surface area contributed by atoms with Crippen LogP contribution in [0.25, 0.3) is 10.9 Å². The Morgan fingerprint density at radius 3 is 2.06 bits per heavy atom. The van der Waals surface area contributed by atoms with E-state index in [0.29, 0.717) is 19.4 Å². The number of nitrogens with one attached hydrogen (secondary N) is 1. The molecule has 0 unspecified atom stereocenters. The first kappa shape index (κ1) is 20.8. The van der Waals surface area contributed by atoms with E-state index >= 15 is 0 Å². The molecule has 31 heavy (non-hydrogen) atoms. The van der Waals surface area contributed by atoms with Crippen LogP contribution in [0.2, 0.25) is 0 Å². The van der Waals surface area contributed by atoms with Crippen molar-refractivity contribution in [3.63, 3.8) is 0 Å². The van der Waals surface area contributed by atoms with Crippen LogP contribution < -0.4 is 5.73 Å². The minimum Gasteiger partial charge on any atom is -0.358 e. The number of nitrogens with two attached hydrogens (primary N) is 1. The molecule has 3 N–H and O–H groups in total. The molecular weight excluding hydrogens is 385 g/mol. The number of rotatable bonds is 8. The third-order valence-electron chi connectivity index (χ3n) is 6.05. The van der Waals surface area contributed by atoms with Crippen molar-refractivity contribution >= 4 is 10.9 Å². The van der Waals surface area contributed by atoms with Crippen molar-refractivity contribution in [3.05, 3.63) is 107 Å². The zero-order valence-electron chi connectivity index (χ0n) is 17.4. The molecule has 0 aliphatic carbocycles. The molecule has 0 radical (unpaired) electrons. The molecule has 0 bridgehead atoms. The molecule has 0 fully saturated rings. The van der Waals surface area contributed by atoms with Gasteiger partial charge in [0.1, 0.15) is 5.82 Å². The summed E-state index contributed by atoms with van der Waals surface area (Å²) in [6.07, 6.45) is 2.41. The van der Waals surface area contributed by atoms with Gasteiger partial charge in [0.25, 0.3) is 0 Å². The summed E-state index contributed by atoms with van der Waals surface area (Å²) in [4.78, 5) is 3.58. The van der Waals surface area contributed by atoms with Crippen molar-refractivity contribution in [2.45, 2.75) is 31.1 Å². The van der Waals surface area contributed by atoms with Gasteiger partial charge < -0.3 is 10.7 Å². The number of fused-ring (bicyclic) bond motifs is 1. The molecule has 3 nitrogen and oxygen atoms in total. The average Bonchev–Trinajstić information content (AvgIpc) is 3.16. The number of H-pyrrole nitrogens is 1. The molecule has 0 amide bonds. The zero-order valence-corrected chi connectivity index (χ0v) is 17.4. The highest BCUT2D eigenvalue weighted by atomic mass is 19.1. The number of hydrogen-bond donors (Lipinski definition) is 2. The molecule has 0 spiro atoms. The van der Waals surface area contributed by atoms with E-state index in [1.165, 1.54) is 17.2 Å². The minimum atomic E-state index is -0.414. The highest BCUT2D eigenvalue weighted by molar-refractivity contribution is 5.85. The van der Waals surface area contributed by atoms with E-state index in [1.54, 1.807) is 12.1 Å². The summed E-state index contributed by atoms with van der Waals surface area (Å²) < 4.78 is 14.1. The van der Waals surface area contributed by atoms with Gasteiger partial charge in [-0.2, -0.15) is 5.26 Å². The lowest BCUT2D eigenvalue weighted by Gasteiger charge is -2.34. The van der Waals surface area contributed by atoms with Gasteiger partial charge in [-0.3, -0.25) is 0 Å². The lowest BCUT2D eigenvalue weighted by Crippen LogP contribution is -2.41. The molecular formula is C27H26FN3. The van der Waals surface area contributed by atoms with E-state index in [2.05, 4.69) is 35.3 Å². The lowest BCUT2D eigenvalue weighted by molar-refractivity contribution is 0.417. The molecule has 0 saturated heterocycles. The van der Waals surface area contributed by atoms with Crippen LogP contribution in [0.1, 0.15) is 28.8 Å². The summed E-state index contributed by atoms with van der Waals surface area (Å²) >= 11 is 0. The van der Waals surface area contributed by atoms with Gasteiger partial charge >= 0.3 is 0 Å². The normalized spacial score (nSPS) is 11.5. The first-order valence-electron chi connectivity index (χ1n) is 10.6. The van der Waals surface area contributed by atoms with E-state index in [4.69, 9.17) is 5.73 Å². The Kier molecular flexibility index (Phi) is 6.16. The van der Waals surface area contributed by atoms with Crippen LogP contribution in [0.15, 0.2) is 78.9 Å². The van der Waals surface area contributed by atoms with Gasteiger partial charge in [-0.25, -0.2) is 4.39 Å². The van der Waals surface area contributed by atoms with Crippen LogP contribution in [0.5, 0.6) is 0 Å². The first-order valence-corrected chi connectivity index (χ1v) is 10.6. The van der Waals surface area contributed by atoms with Gasteiger partial charge in [-0.15, -0.1) is 0 Å². The van der Waals surface area contributed by atoms with E-state index in [9.17, 15) is 9.65 Å². The van der Waals surface area contributed by atoms with E-state index in [0.717, 1.165) is 35.0 Å². The van der Waals surface area contributed by atoms with Gasteiger partial charge in [-0.1, -0.05) is 60.7 Å². The zero-order chi connectivity index (χ0) is 21.7. The van der Waals surface area contributed by atoms with Crippen molar-refractivity contribution in [3.8, 4) is 6.07 Å². The van der Waals surface area contributed by atoms with E-state index in [1.807, 2.05) is 36.4 Å². The van der Waals surface area contributed by atoms with Crippen LogP contribution in [0, 0.1) is 17.1 Å². The standard InChI is InChI=1S/C27H26FN3/c28-22-13-14-25-24(16-22)23(12-7-15-29)26(31-25)27(19-30,17-20-8-3-1-4-9-20)18-21-10-5-2-6-11-21/h1-6,8-11,13-14,16,31H,7,12,17-19,30H2. The molecule has 4 heteroatoms. The molecule has 0 atom stereocenters. The SMILES string of the molecule is N#CCCc1c(C(CN)(Cc2ccccc2)Cc2ccccc2)[nH]c2ccc(F)cc12. The minimum absolute atomic E-state index is 0.277. The van der Waals surface area contributed by atoms with Crippen molar-refractivity contribution in [2.75, 3.05) is 6.54 Å². The predicted molar refractivity (Wildman–Crippen MR) is 123 cm³/mol. The van der Waals surface area contributed by atoms with Crippen molar-refractivity contribution in [1.29, 1.82) is 5.26 Å². The summed E-state index contributed by atoms with van der Waals surface area (Å²) in [5, 5.41) is 10.1. The molecule has 0 aliphatic rings. The van der Waals surface area contributed by atoms with Gasteiger partial charge in [0.15, 0.2) is 0 Å². The third kappa shape index (κ3) is 4.38. The van der Waals surface area contributed by atoms with Gasteiger partial charge in [0.05, 0.1) is 6.07 Å². The van der Waals surface area contributed by atoms with Gasteiger partial charge in [0.2, 0.25) is 0 Å². The second-order valence-corrected chi connectivity index (χ2v) is 8.14. The van der Waals surface area contributed by atoms with Crippen LogP contribution in [0.4, 0.5) is 4.39 Å². The molecule has 156 valence electrons. The van der Waals surface area contributed by atoms with Crippen molar-refractivity contribution < 1.29 is 4.39 Å². The number of aryl methyl sites for hydroxylation is 1. The third-order valence-corrected chi connectivity index (χ3v) is 6.05. The molecule has 3 aromatic carbocycles. The highest BCUT2D eigenvalue weighted by Crippen LogP contribution is 2.37. The maximum Gasteiger partial charge on any atom is 0.123 e. The molecule has 1 aromatic heterocycles. The summed E-state index contributed by atoms with van der Waals surface area (Å²) in [6, 6.07) is 27.7. The predicted octanol–water partition coefficient (Wildman–Crippen LogP) is 5.45. The summed E-state index contributed by atoms with van der Waals surface area (Å²) in [5.41, 5.74) is 11.4. The summed E-state index contributed by atoms with van der Waals surface area (Å²) in [5.74, 6) is -0.277. The Labute approximate surface area is 182 Å². The Hall–Kier alpha value is -3.42. The maximum absolute atomic E-state index is 14.1. The van der Waals surface area contributed by atoms with Crippen LogP contribution >= 0.6 is 0 Å². The number of halogens is 1. The number of hydrogen-bond acceptors (Lipinski definition) is 2. The quantitative estimate of drug-likeness (QED) is 0.405. The molecule has 4 rings (SSSR count). The lowest BCUT2D eigenvalue weighted by atomic mass is 9.72. The van der Waals surface area contributed by atoms with E-state index < -0.39 is 5.41 Å². The van der Waals surface area contributed by atoms with E-state index in [-0.39, 0.29) is 5.82 Å².